The zero-order valence-corrected chi connectivity index (χ0v) is 10.7. The molecule has 96 valence electrons. The Labute approximate surface area is 99.8 Å². The van der Waals surface area contributed by atoms with Crippen molar-refractivity contribution in [3.8, 4) is 0 Å². The second-order valence-corrected chi connectivity index (χ2v) is 4.70. The summed E-state index contributed by atoms with van der Waals surface area (Å²) in [6.07, 6.45) is 7.54. The van der Waals surface area contributed by atoms with Gasteiger partial charge in [0.25, 0.3) is 0 Å². The lowest BCUT2D eigenvalue weighted by Crippen LogP contribution is -2.37. The van der Waals surface area contributed by atoms with Crippen LogP contribution in [-0.2, 0) is 4.74 Å². The number of rotatable bonds is 8. The van der Waals surface area contributed by atoms with E-state index in [1.165, 1.54) is 38.9 Å². The average molecular weight is 229 g/mol. The number of likely N-dealkylation sites (tertiary alicyclic amines) is 1. The number of aliphatic hydroxyl groups excluding tert-OH is 1. The quantitative estimate of drug-likeness (QED) is 0.647. The highest BCUT2D eigenvalue weighted by atomic mass is 16.5. The van der Waals surface area contributed by atoms with Crippen LogP contribution in [0.25, 0.3) is 0 Å². The number of piperidine rings is 1. The summed E-state index contributed by atoms with van der Waals surface area (Å²) in [5, 5.41) is 8.67. The van der Waals surface area contributed by atoms with Crippen molar-refractivity contribution in [2.45, 2.75) is 51.6 Å². The van der Waals surface area contributed by atoms with Crippen LogP contribution >= 0.6 is 0 Å². The van der Waals surface area contributed by atoms with E-state index >= 15 is 0 Å². The van der Waals surface area contributed by atoms with Crippen LogP contribution in [0.4, 0.5) is 0 Å². The van der Waals surface area contributed by atoms with Crippen molar-refractivity contribution < 1.29 is 9.84 Å². The first-order valence-corrected chi connectivity index (χ1v) is 6.81. The van der Waals surface area contributed by atoms with Crippen molar-refractivity contribution in [3.05, 3.63) is 0 Å². The molecule has 0 radical (unpaired) electrons. The molecule has 16 heavy (non-hydrogen) atoms. The predicted octanol–water partition coefficient (Wildman–Crippen LogP) is 2.04. The monoisotopic (exact) mass is 229 g/mol. The second-order valence-electron chi connectivity index (χ2n) is 4.70. The fourth-order valence-electron chi connectivity index (χ4n) is 2.20. The van der Waals surface area contributed by atoms with Crippen LogP contribution in [0, 0.1) is 0 Å². The topological polar surface area (TPSA) is 32.7 Å². The van der Waals surface area contributed by atoms with E-state index in [0.29, 0.717) is 6.10 Å². The van der Waals surface area contributed by atoms with E-state index in [1.807, 2.05) is 0 Å². The van der Waals surface area contributed by atoms with Gasteiger partial charge in [0.05, 0.1) is 6.10 Å². The minimum Gasteiger partial charge on any atom is -0.396 e. The standard InChI is InChI=1S/C13H27NO2/c1-2-3-4-8-14-9-6-13(7-10-14)16-12-5-11-15/h13,15H,2-12H2,1H3. The van der Waals surface area contributed by atoms with Gasteiger partial charge in [-0.2, -0.15) is 0 Å². The molecule has 1 aliphatic rings. The van der Waals surface area contributed by atoms with Gasteiger partial charge in [0.2, 0.25) is 0 Å². The summed E-state index contributed by atoms with van der Waals surface area (Å²) < 4.78 is 5.71. The Kier molecular flexibility index (Phi) is 7.81. The molecule has 1 N–H and O–H groups in total. The molecule has 0 saturated carbocycles. The van der Waals surface area contributed by atoms with Gasteiger partial charge in [0.15, 0.2) is 0 Å². The Morgan fingerprint density at radius 2 is 1.94 bits per heavy atom. The van der Waals surface area contributed by atoms with Crippen LogP contribution in [0.1, 0.15) is 45.4 Å². The molecule has 0 atom stereocenters. The highest BCUT2D eigenvalue weighted by Crippen LogP contribution is 2.14. The normalized spacial score (nSPS) is 19.1. The maximum Gasteiger partial charge on any atom is 0.0599 e. The zero-order chi connectivity index (χ0) is 11.6. The lowest BCUT2D eigenvalue weighted by molar-refractivity contribution is 0.00209. The van der Waals surface area contributed by atoms with Gasteiger partial charge in [0, 0.05) is 26.3 Å². The lowest BCUT2D eigenvalue weighted by Gasteiger charge is -2.31. The molecule has 0 aromatic rings. The van der Waals surface area contributed by atoms with Crippen LogP contribution < -0.4 is 0 Å². The Morgan fingerprint density at radius 1 is 1.19 bits per heavy atom. The summed E-state index contributed by atoms with van der Waals surface area (Å²) in [6.45, 7) is 6.85. The largest absolute Gasteiger partial charge is 0.396 e. The van der Waals surface area contributed by atoms with Crippen molar-refractivity contribution >= 4 is 0 Å². The molecule has 0 unspecified atom stereocenters. The molecular formula is C13H27NO2. The first-order chi connectivity index (χ1) is 7.86. The van der Waals surface area contributed by atoms with Gasteiger partial charge in [0.1, 0.15) is 0 Å². The van der Waals surface area contributed by atoms with Gasteiger partial charge < -0.3 is 14.7 Å². The second kappa shape index (κ2) is 8.97. The van der Waals surface area contributed by atoms with Crippen molar-refractivity contribution in [1.29, 1.82) is 0 Å². The summed E-state index contributed by atoms with van der Waals surface area (Å²) in [6, 6.07) is 0. The smallest absolute Gasteiger partial charge is 0.0599 e. The number of nitrogens with zero attached hydrogens (tertiary/aromatic N) is 1. The lowest BCUT2D eigenvalue weighted by atomic mass is 10.1. The summed E-state index contributed by atoms with van der Waals surface area (Å²) >= 11 is 0. The molecule has 3 heteroatoms. The summed E-state index contributed by atoms with van der Waals surface area (Å²) in [4.78, 5) is 2.56. The molecule has 0 aromatic carbocycles. The summed E-state index contributed by atoms with van der Waals surface area (Å²) in [5.74, 6) is 0. The molecule has 0 bridgehead atoms. The Bertz CT molecular complexity index is 138. The Morgan fingerprint density at radius 3 is 2.56 bits per heavy atom. The van der Waals surface area contributed by atoms with Gasteiger partial charge in [-0.3, -0.25) is 0 Å². The van der Waals surface area contributed by atoms with E-state index in [2.05, 4.69) is 11.8 Å². The zero-order valence-electron chi connectivity index (χ0n) is 10.7. The van der Waals surface area contributed by atoms with Crippen LogP contribution in [-0.4, -0.2) is 49.0 Å². The molecule has 0 amide bonds. The Hall–Kier alpha value is -0.120. The fourth-order valence-corrected chi connectivity index (χ4v) is 2.20. The van der Waals surface area contributed by atoms with Crippen LogP contribution in [0.2, 0.25) is 0 Å². The van der Waals surface area contributed by atoms with Crippen molar-refractivity contribution in [2.75, 3.05) is 32.8 Å². The number of aliphatic hydroxyl groups is 1. The van der Waals surface area contributed by atoms with Crippen LogP contribution in [0.3, 0.4) is 0 Å². The molecular weight excluding hydrogens is 202 g/mol. The Balaban J connectivity index is 2.00. The third-order valence-electron chi connectivity index (χ3n) is 3.27. The average Bonchev–Trinajstić information content (AvgIpc) is 2.32. The molecule has 0 aromatic heterocycles. The number of unbranched alkanes of at least 4 members (excludes halogenated alkanes) is 2. The third-order valence-corrected chi connectivity index (χ3v) is 3.27. The van der Waals surface area contributed by atoms with E-state index in [9.17, 15) is 0 Å². The number of ether oxygens (including phenoxy) is 1. The molecule has 1 aliphatic heterocycles. The van der Waals surface area contributed by atoms with Gasteiger partial charge in [-0.25, -0.2) is 0 Å². The van der Waals surface area contributed by atoms with E-state index in [-0.39, 0.29) is 6.61 Å². The van der Waals surface area contributed by atoms with E-state index in [1.54, 1.807) is 0 Å². The molecule has 1 saturated heterocycles. The fraction of sp³-hybridized carbons (Fsp3) is 1.00. The van der Waals surface area contributed by atoms with Crippen molar-refractivity contribution in [1.82, 2.24) is 4.90 Å². The maximum atomic E-state index is 8.67. The first kappa shape index (κ1) is 13.9. The molecule has 0 spiro atoms. The van der Waals surface area contributed by atoms with E-state index < -0.39 is 0 Å². The van der Waals surface area contributed by atoms with E-state index in [4.69, 9.17) is 9.84 Å². The van der Waals surface area contributed by atoms with Crippen LogP contribution in [0.15, 0.2) is 0 Å². The van der Waals surface area contributed by atoms with Gasteiger partial charge in [-0.15, -0.1) is 0 Å². The first-order valence-electron chi connectivity index (χ1n) is 6.81. The van der Waals surface area contributed by atoms with Gasteiger partial charge in [-0.05, 0) is 32.2 Å². The predicted molar refractivity (Wildman–Crippen MR) is 66.6 cm³/mol. The molecule has 1 heterocycles. The van der Waals surface area contributed by atoms with Crippen molar-refractivity contribution in [3.63, 3.8) is 0 Å². The van der Waals surface area contributed by atoms with Crippen LogP contribution in [0.5, 0.6) is 0 Å². The SMILES string of the molecule is CCCCCN1CCC(OCCCO)CC1. The highest BCUT2D eigenvalue weighted by molar-refractivity contribution is 4.72. The molecule has 0 aliphatic carbocycles. The molecule has 1 fully saturated rings. The van der Waals surface area contributed by atoms with Gasteiger partial charge in [-0.1, -0.05) is 19.8 Å². The maximum absolute atomic E-state index is 8.67. The minimum atomic E-state index is 0.246. The summed E-state index contributed by atoms with van der Waals surface area (Å²) in [5.41, 5.74) is 0. The summed E-state index contributed by atoms with van der Waals surface area (Å²) in [7, 11) is 0. The molecule has 3 nitrogen and oxygen atoms in total. The highest BCUT2D eigenvalue weighted by Gasteiger charge is 2.18. The minimum absolute atomic E-state index is 0.246. The molecule has 1 rings (SSSR count). The number of hydrogen-bond acceptors (Lipinski definition) is 3. The third kappa shape index (κ3) is 5.83. The number of hydrogen-bond donors (Lipinski definition) is 1. The van der Waals surface area contributed by atoms with Gasteiger partial charge >= 0.3 is 0 Å². The van der Waals surface area contributed by atoms with Crippen molar-refractivity contribution in [2.24, 2.45) is 0 Å². The van der Waals surface area contributed by atoms with E-state index in [0.717, 1.165) is 25.9 Å².